The Kier molecular flexibility index (Phi) is 7.75. The van der Waals surface area contributed by atoms with Gasteiger partial charge in [-0.05, 0) is 49.1 Å². The number of oxazole rings is 1. The van der Waals surface area contributed by atoms with E-state index in [1.54, 1.807) is 11.0 Å². The van der Waals surface area contributed by atoms with Crippen molar-refractivity contribution in [1.29, 1.82) is 0 Å². The maximum atomic E-state index is 13.2. The Bertz CT molecular complexity index is 1120. The van der Waals surface area contributed by atoms with Gasteiger partial charge in [0.15, 0.2) is 5.69 Å². The van der Waals surface area contributed by atoms with E-state index in [0.717, 1.165) is 36.3 Å². The summed E-state index contributed by atoms with van der Waals surface area (Å²) in [4.78, 5) is 20.7. The molecule has 0 aliphatic carbocycles. The maximum Gasteiger partial charge on any atom is 0.416 e. The molecule has 3 aromatic rings. The molecular formula is C26H28F3N3O3. The van der Waals surface area contributed by atoms with Gasteiger partial charge in [0, 0.05) is 26.2 Å². The second kappa shape index (κ2) is 10.9. The van der Waals surface area contributed by atoms with Crippen molar-refractivity contribution in [2.45, 2.75) is 45.6 Å². The van der Waals surface area contributed by atoms with Gasteiger partial charge in [0.05, 0.1) is 18.7 Å². The molecule has 0 bridgehead atoms. The molecule has 4 rings (SSSR count). The lowest BCUT2D eigenvalue weighted by Crippen LogP contribution is -2.28. The van der Waals surface area contributed by atoms with Gasteiger partial charge >= 0.3 is 6.18 Å². The number of benzene rings is 2. The van der Waals surface area contributed by atoms with Crippen LogP contribution in [0.3, 0.4) is 0 Å². The highest BCUT2D eigenvalue weighted by Gasteiger charge is 2.30. The van der Waals surface area contributed by atoms with Crippen LogP contribution >= 0.6 is 0 Å². The Morgan fingerprint density at radius 1 is 1.06 bits per heavy atom. The van der Waals surface area contributed by atoms with Gasteiger partial charge in [-0.3, -0.25) is 9.69 Å². The fourth-order valence-electron chi connectivity index (χ4n) is 4.14. The lowest BCUT2D eigenvalue weighted by molar-refractivity contribution is -0.137. The Morgan fingerprint density at radius 3 is 2.46 bits per heavy atom. The summed E-state index contributed by atoms with van der Waals surface area (Å²) in [5.74, 6) is 0.928. The number of amides is 1. The van der Waals surface area contributed by atoms with Crippen molar-refractivity contribution in [2.75, 3.05) is 19.7 Å². The Morgan fingerprint density at radius 2 is 1.77 bits per heavy atom. The number of hydrogen-bond donors (Lipinski definition) is 0. The molecule has 1 fully saturated rings. The number of carbonyl (C=O) groups excluding carboxylic acids is 1. The average Bonchev–Trinajstić information content (AvgIpc) is 3.52. The number of ether oxygens (including phenoxy) is 1. The third-order valence-corrected chi connectivity index (χ3v) is 5.82. The minimum atomic E-state index is -4.41. The van der Waals surface area contributed by atoms with Gasteiger partial charge in [0.2, 0.25) is 5.89 Å². The highest BCUT2D eigenvalue weighted by Crippen LogP contribution is 2.30. The fourth-order valence-corrected chi connectivity index (χ4v) is 4.14. The molecule has 1 saturated heterocycles. The minimum Gasteiger partial charge on any atom is -0.494 e. The van der Waals surface area contributed by atoms with E-state index < -0.39 is 11.7 Å². The molecule has 0 radical (unpaired) electrons. The van der Waals surface area contributed by atoms with E-state index in [1.165, 1.54) is 12.3 Å². The molecule has 0 unspecified atom stereocenters. The van der Waals surface area contributed by atoms with Gasteiger partial charge in [0.25, 0.3) is 5.91 Å². The summed E-state index contributed by atoms with van der Waals surface area (Å²) in [6, 6.07) is 12.8. The van der Waals surface area contributed by atoms with E-state index in [1.807, 2.05) is 36.1 Å². The summed E-state index contributed by atoms with van der Waals surface area (Å²) in [5, 5.41) is 0. The molecule has 0 N–H and O–H groups in total. The molecule has 6 nitrogen and oxygen atoms in total. The van der Waals surface area contributed by atoms with Gasteiger partial charge in [-0.15, -0.1) is 0 Å². The van der Waals surface area contributed by atoms with Crippen molar-refractivity contribution in [3.05, 3.63) is 83.1 Å². The van der Waals surface area contributed by atoms with Crippen LogP contribution in [0.4, 0.5) is 13.2 Å². The van der Waals surface area contributed by atoms with Crippen LogP contribution in [0.5, 0.6) is 5.75 Å². The SMILES string of the molecule is CCOc1ccc(CN(Cc2cccc(C(F)(F)F)c2)Cc2nc(C(=O)N3CCCC3)co2)cc1. The van der Waals surface area contributed by atoms with Crippen LogP contribution in [0.1, 0.15) is 52.8 Å². The Hall–Kier alpha value is -3.33. The highest BCUT2D eigenvalue weighted by atomic mass is 19.4. The summed E-state index contributed by atoms with van der Waals surface area (Å²) < 4.78 is 50.7. The van der Waals surface area contributed by atoms with E-state index in [0.29, 0.717) is 37.7 Å². The molecule has 0 atom stereocenters. The first kappa shape index (κ1) is 24.8. The van der Waals surface area contributed by atoms with Crippen LogP contribution in [0, 0.1) is 0 Å². The first-order valence-corrected chi connectivity index (χ1v) is 11.7. The molecule has 1 aliphatic heterocycles. The monoisotopic (exact) mass is 487 g/mol. The zero-order chi connectivity index (χ0) is 24.8. The van der Waals surface area contributed by atoms with Crippen LogP contribution in [-0.2, 0) is 25.8 Å². The second-order valence-electron chi connectivity index (χ2n) is 8.55. The van der Waals surface area contributed by atoms with E-state index >= 15 is 0 Å². The van der Waals surface area contributed by atoms with E-state index in [-0.39, 0.29) is 24.7 Å². The molecule has 186 valence electrons. The molecule has 1 aliphatic rings. The Balaban J connectivity index is 1.52. The number of carbonyl (C=O) groups is 1. The summed E-state index contributed by atoms with van der Waals surface area (Å²) >= 11 is 0. The minimum absolute atomic E-state index is 0.159. The maximum absolute atomic E-state index is 13.2. The topological polar surface area (TPSA) is 58.8 Å². The normalized spacial score (nSPS) is 14.0. The highest BCUT2D eigenvalue weighted by molar-refractivity contribution is 5.92. The zero-order valence-electron chi connectivity index (χ0n) is 19.6. The quantitative estimate of drug-likeness (QED) is 0.397. The van der Waals surface area contributed by atoms with Crippen molar-refractivity contribution in [3.63, 3.8) is 0 Å². The van der Waals surface area contributed by atoms with Gasteiger partial charge < -0.3 is 14.1 Å². The van der Waals surface area contributed by atoms with Crippen LogP contribution in [0.15, 0.2) is 59.2 Å². The summed E-state index contributed by atoms with van der Waals surface area (Å²) in [6.45, 7) is 4.81. The number of aromatic nitrogens is 1. The smallest absolute Gasteiger partial charge is 0.416 e. The van der Waals surface area contributed by atoms with Crippen molar-refractivity contribution in [3.8, 4) is 5.75 Å². The molecule has 1 amide bonds. The van der Waals surface area contributed by atoms with Crippen LogP contribution in [0.25, 0.3) is 0 Å². The van der Waals surface area contributed by atoms with Crippen molar-refractivity contribution in [1.82, 2.24) is 14.8 Å². The van der Waals surface area contributed by atoms with Crippen molar-refractivity contribution in [2.24, 2.45) is 0 Å². The second-order valence-corrected chi connectivity index (χ2v) is 8.55. The predicted octanol–water partition coefficient (Wildman–Crippen LogP) is 5.53. The van der Waals surface area contributed by atoms with Gasteiger partial charge in [0.1, 0.15) is 12.0 Å². The van der Waals surface area contributed by atoms with Crippen LogP contribution in [-0.4, -0.2) is 40.4 Å². The number of hydrogen-bond acceptors (Lipinski definition) is 5. The summed E-state index contributed by atoms with van der Waals surface area (Å²) in [7, 11) is 0. The number of alkyl halides is 3. The van der Waals surface area contributed by atoms with Crippen LogP contribution in [0.2, 0.25) is 0 Å². The largest absolute Gasteiger partial charge is 0.494 e. The van der Waals surface area contributed by atoms with Crippen molar-refractivity contribution >= 4 is 5.91 Å². The molecule has 0 spiro atoms. The van der Waals surface area contributed by atoms with Gasteiger partial charge in [-0.25, -0.2) is 4.98 Å². The molecule has 9 heteroatoms. The summed E-state index contributed by atoms with van der Waals surface area (Å²) in [5.41, 5.74) is 1.04. The zero-order valence-corrected chi connectivity index (χ0v) is 19.6. The standard InChI is InChI=1S/C26H28F3N3O3/c1-2-34-22-10-8-19(9-11-22)15-31(16-20-6-5-7-21(14-20)26(27,28)29)17-24-30-23(18-35-24)25(33)32-12-3-4-13-32/h5-11,14,18H,2-4,12-13,15-17H2,1H3. The molecule has 2 aromatic carbocycles. The third-order valence-electron chi connectivity index (χ3n) is 5.82. The van der Waals surface area contributed by atoms with Crippen LogP contribution < -0.4 is 4.74 Å². The van der Waals surface area contributed by atoms with Gasteiger partial charge in [-0.1, -0.05) is 30.3 Å². The first-order chi connectivity index (χ1) is 16.8. The number of halogens is 3. The predicted molar refractivity (Wildman–Crippen MR) is 124 cm³/mol. The molecule has 2 heterocycles. The lowest BCUT2D eigenvalue weighted by atomic mass is 10.1. The lowest BCUT2D eigenvalue weighted by Gasteiger charge is -2.22. The van der Waals surface area contributed by atoms with Crippen molar-refractivity contribution < 1.29 is 27.1 Å². The van der Waals surface area contributed by atoms with E-state index in [2.05, 4.69) is 4.98 Å². The van der Waals surface area contributed by atoms with Gasteiger partial charge in [-0.2, -0.15) is 13.2 Å². The number of rotatable bonds is 9. The number of likely N-dealkylation sites (tertiary alicyclic amines) is 1. The molecule has 1 aromatic heterocycles. The average molecular weight is 488 g/mol. The Labute approximate surface area is 202 Å². The third kappa shape index (κ3) is 6.63. The first-order valence-electron chi connectivity index (χ1n) is 11.7. The van der Waals surface area contributed by atoms with E-state index in [9.17, 15) is 18.0 Å². The molecular weight excluding hydrogens is 459 g/mol. The molecule has 35 heavy (non-hydrogen) atoms. The number of nitrogens with zero attached hydrogens (tertiary/aromatic N) is 3. The summed E-state index contributed by atoms with van der Waals surface area (Å²) in [6.07, 6.45) is -1.11. The fraction of sp³-hybridized carbons (Fsp3) is 0.385. The van der Waals surface area contributed by atoms with E-state index in [4.69, 9.17) is 9.15 Å². The molecule has 0 saturated carbocycles.